The van der Waals surface area contributed by atoms with Crippen LogP contribution in [0.1, 0.15) is 19.3 Å². The van der Waals surface area contributed by atoms with E-state index in [1.54, 1.807) is 0 Å². The quantitative estimate of drug-likeness (QED) is 0.524. The summed E-state index contributed by atoms with van der Waals surface area (Å²) in [6, 6.07) is 0. The minimum absolute atomic E-state index is 0.0370. The lowest BCUT2D eigenvalue weighted by atomic mass is 10.4. The standard InChI is InChI=1S/C5H9O2S/c6-8(7)5-3-1-2-4-5/h1,5,8H,2-4H2. The first-order chi connectivity index (χ1) is 3.80. The zero-order valence-corrected chi connectivity index (χ0v) is 5.43. The third kappa shape index (κ3) is 1.22. The summed E-state index contributed by atoms with van der Waals surface area (Å²) in [5.41, 5.74) is 0. The van der Waals surface area contributed by atoms with Gasteiger partial charge in [0.25, 0.3) is 0 Å². The van der Waals surface area contributed by atoms with Crippen molar-refractivity contribution in [3.63, 3.8) is 0 Å². The molecule has 1 unspecified atom stereocenters. The van der Waals surface area contributed by atoms with Crippen molar-refractivity contribution in [1.82, 2.24) is 0 Å². The third-order valence-corrected chi connectivity index (χ3v) is 2.51. The Labute approximate surface area is 50.9 Å². The van der Waals surface area contributed by atoms with E-state index in [0.717, 1.165) is 19.3 Å². The van der Waals surface area contributed by atoms with Gasteiger partial charge in [0.2, 0.25) is 0 Å². The summed E-state index contributed by atoms with van der Waals surface area (Å²) in [5, 5.41) is -0.0370. The van der Waals surface area contributed by atoms with E-state index >= 15 is 0 Å². The molecule has 1 fully saturated rings. The van der Waals surface area contributed by atoms with Gasteiger partial charge in [-0.05, 0) is 25.7 Å². The molecule has 2 nitrogen and oxygen atoms in total. The highest BCUT2D eigenvalue weighted by Gasteiger charge is 2.16. The average Bonchev–Trinajstić information content (AvgIpc) is 2.12. The predicted molar refractivity (Wildman–Crippen MR) is 32.3 cm³/mol. The van der Waals surface area contributed by atoms with Crippen LogP contribution in [0.5, 0.6) is 0 Å². The van der Waals surface area contributed by atoms with Crippen molar-refractivity contribution < 1.29 is 8.42 Å². The van der Waals surface area contributed by atoms with Gasteiger partial charge in [-0.25, -0.2) is 8.42 Å². The van der Waals surface area contributed by atoms with Crippen molar-refractivity contribution in [1.29, 1.82) is 0 Å². The minimum atomic E-state index is -2.13. The van der Waals surface area contributed by atoms with Gasteiger partial charge in [-0.1, -0.05) is 0 Å². The Hall–Kier alpha value is -0.0500. The van der Waals surface area contributed by atoms with Gasteiger partial charge in [0.05, 0.1) is 5.25 Å². The van der Waals surface area contributed by atoms with Gasteiger partial charge in [0.1, 0.15) is 10.7 Å². The van der Waals surface area contributed by atoms with Crippen LogP contribution in [0.4, 0.5) is 0 Å². The van der Waals surface area contributed by atoms with E-state index in [0.29, 0.717) is 0 Å². The zero-order chi connectivity index (χ0) is 5.98. The van der Waals surface area contributed by atoms with E-state index in [-0.39, 0.29) is 5.25 Å². The van der Waals surface area contributed by atoms with E-state index < -0.39 is 10.7 Å². The molecule has 1 saturated carbocycles. The monoisotopic (exact) mass is 133 g/mol. The van der Waals surface area contributed by atoms with Gasteiger partial charge in [0, 0.05) is 0 Å². The fourth-order valence-corrected chi connectivity index (χ4v) is 1.61. The van der Waals surface area contributed by atoms with Gasteiger partial charge < -0.3 is 0 Å². The average molecular weight is 133 g/mol. The lowest BCUT2D eigenvalue weighted by Gasteiger charge is -1.92. The molecule has 8 heavy (non-hydrogen) atoms. The Kier molecular flexibility index (Phi) is 1.89. The first-order valence-corrected chi connectivity index (χ1v) is 4.00. The second-order valence-corrected chi connectivity index (χ2v) is 3.34. The first-order valence-electron chi connectivity index (χ1n) is 2.76. The molecule has 47 valence electrons. The van der Waals surface area contributed by atoms with Crippen molar-refractivity contribution in [3.8, 4) is 0 Å². The maximum atomic E-state index is 10.2. The van der Waals surface area contributed by atoms with Gasteiger partial charge in [-0.3, -0.25) is 0 Å². The van der Waals surface area contributed by atoms with Crippen LogP contribution >= 0.6 is 0 Å². The van der Waals surface area contributed by atoms with Gasteiger partial charge >= 0.3 is 0 Å². The Morgan fingerprint density at radius 1 is 1.50 bits per heavy atom. The number of rotatable bonds is 1. The molecule has 1 aliphatic carbocycles. The normalized spacial score (nSPS) is 22.6. The molecule has 3 heteroatoms. The van der Waals surface area contributed by atoms with Crippen LogP contribution in [0.2, 0.25) is 0 Å². The van der Waals surface area contributed by atoms with Crippen LogP contribution in [-0.2, 0) is 10.7 Å². The fourth-order valence-electron chi connectivity index (χ4n) is 0.930. The molecule has 1 atom stereocenters. The third-order valence-electron chi connectivity index (χ3n) is 1.44. The zero-order valence-electron chi connectivity index (χ0n) is 4.54. The minimum Gasteiger partial charge on any atom is -0.232 e. The van der Waals surface area contributed by atoms with Crippen molar-refractivity contribution in [2.45, 2.75) is 24.5 Å². The van der Waals surface area contributed by atoms with Crippen LogP contribution in [-0.4, -0.2) is 13.7 Å². The van der Waals surface area contributed by atoms with Crippen molar-refractivity contribution in [2.75, 3.05) is 0 Å². The molecule has 0 aromatic rings. The summed E-state index contributed by atoms with van der Waals surface area (Å²) >= 11 is 0. The second kappa shape index (κ2) is 2.49. The molecule has 0 aromatic heterocycles. The largest absolute Gasteiger partial charge is 0.232 e. The van der Waals surface area contributed by atoms with Crippen LogP contribution < -0.4 is 0 Å². The molecule has 0 aliphatic heterocycles. The molecule has 0 amide bonds. The number of hydrogen-bond donors (Lipinski definition) is 1. The SMILES string of the molecule is O=[SH](=O)C1C[CH]CC1. The van der Waals surface area contributed by atoms with Crippen LogP contribution in [0, 0.1) is 6.42 Å². The molecular formula is C5H9O2S. The summed E-state index contributed by atoms with van der Waals surface area (Å²) in [7, 11) is -2.13. The van der Waals surface area contributed by atoms with E-state index in [4.69, 9.17) is 0 Å². The molecule has 0 bridgehead atoms. The van der Waals surface area contributed by atoms with E-state index in [2.05, 4.69) is 0 Å². The maximum absolute atomic E-state index is 10.2. The predicted octanol–water partition coefficient (Wildman–Crippen LogP) is 0.355. The lowest BCUT2D eigenvalue weighted by molar-refractivity contribution is 0.600. The highest BCUT2D eigenvalue weighted by molar-refractivity contribution is 7.73. The van der Waals surface area contributed by atoms with Crippen LogP contribution in [0.15, 0.2) is 0 Å². The van der Waals surface area contributed by atoms with E-state index in [1.807, 2.05) is 6.42 Å². The Bertz CT molecular complexity index is 125. The smallest absolute Gasteiger partial charge is 0.143 e. The van der Waals surface area contributed by atoms with Gasteiger partial charge in [-0.2, -0.15) is 0 Å². The van der Waals surface area contributed by atoms with Gasteiger partial charge in [0.15, 0.2) is 0 Å². The Morgan fingerprint density at radius 2 is 2.25 bits per heavy atom. The topological polar surface area (TPSA) is 34.1 Å². The molecule has 0 spiro atoms. The highest BCUT2D eigenvalue weighted by Crippen LogP contribution is 2.18. The van der Waals surface area contributed by atoms with Gasteiger partial charge in [-0.15, -0.1) is 0 Å². The Morgan fingerprint density at radius 3 is 2.50 bits per heavy atom. The fraction of sp³-hybridized carbons (Fsp3) is 0.800. The van der Waals surface area contributed by atoms with Crippen molar-refractivity contribution in [3.05, 3.63) is 6.42 Å². The summed E-state index contributed by atoms with van der Waals surface area (Å²) in [4.78, 5) is 0. The summed E-state index contributed by atoms with van der Waals surface area (Å²) in [6.07, 6.45) is 4.64. The van der Waals surface area contributed by atoms with E-state index in [9.17, 15) is 8.42 Å². The Balaban J connectivity index is 2.47. The molecule has 0 heterocycles. The highest BCUT2D eigenvalue weighted by atomic mass is 32.2. The first kappa shape index (κ1) is 6.08. The summed E-state index contributed by atoms with van der Waals surface area (Å²) < 4.78 is 20.4. The molecule has 1 rings (SSSR count). The molecule has 1 aliphatic rings. The molecule has 0 saturated heterocycles. The second-order valence-electron chi connectivity index (χ2n) is 2.04. The molecule has 1 radical (unpaired) electrons. The van der Waals surface area contributed by atoms with Crippen LogP contribution in [0.3, 0.4) is 0 Å². The lowest BCUT2D eigenvalue weighted by Crippen LogP contribution is -2.01. The maximum Gasteiger partial charge on any atom is 0.143 e. The van der Waals surface area contributed by atoms with E-state index in [1.165, 1.54) is 0 Å². The molecule has 0 N–H and O–H groups in total. The molecular weight excluding hydrogens is 124 g/mol. The summed E-state index contributed by atoms with van der Waals surface area (Å²) in [5.74, 6) is 0. The molecule has 0 aromatic carbocycles. The van der Waals surface area contributed by atoms with Crippen molar-refractivity contribution in [2.24, 2.45) is 0 Å². The van der Waals surface area contributed by atoms with Crippen molar-refractivity contribution >= 4 is 10.7 Å². The number of hydrogen-bond acceptors (Lipinski definition) is 2. The summed E-state index contributed by atoms with van der Waals surface area (Å²) in [6.45, 7) is 0. The number of thiol groups is 1. The van der Waals surface area contributed by atoms with Crippen LogP contribution in [0.25, 0.3) is 0 Å².